The number of rotatable bonds is 2. The quantitative estimate of drug-likeness (QED) is 0.729. The fourth-order valence-electron chi connectivity index (χ4n) is 4.23. The van der Waals surface area contributed by atoms with Crippen molar-refractivity contribution < 1.29 is 0 Å². The zero-order valence-corrected chi connectivity index (χ0v) is 15.0. The van der Waals surface area contributed by atoms with Crippen LogP contribution in [0, 0.1) is 0 Å². The fourth-order valence-corrected chi connectivity index (χ4v) is 4.23. The molecule has 136 valence electrons. The molecule has 1 N–H and O–H groups in total. The van der Waals surface area contributed by atoms with E-state index < -0.39 is 0 Å². The molecule has 1 atom stereocenters. The first kappa shape index (κ1) is 15.7. The first-order valence-corrected chi connectivity index (χ1v) is 9.29. The summed E-state index contributed by atoms with van der Waals surface area (Å²) in [6.07, 6.45) is 6.57. The Labute approximate surface area is 151 Å². The van der Waals surface area contributed by atoms with Crippen LogP contribution in [0.5, 0.6) is 0 Å². The van der Waals surface area contributed by atoms with Crippen molar-refractivity contribution in [1.29, 1.82) is 0 Å². The van der Waals surface area contributed by atoms with Crippen LogP contribution in [0.25, 0.3) is 11.2 Å². The van der Waals surface area contributed by atoms with Gasteiger partial charge in [-0.15, -0.1) is 10.2 Å². The predicted molar refractivity (Wildman–Crippen MR) is 97.1 cm³/mol. The van der Waals surface area contributed by atoms with Crippen molar-refractivity contribution >= 4 is 17.0 Å². The summed E-state index contributed by atoms with van der Waals surface area (Å²) in [5, 5.41) is 9.08. The summed E-state index contributed by atoms with van der Waals surface area (Å²) < 4.78 is 2.34. The first-order valence-electron chi connectivity index (χ1n) is 9.29. The highest BCUT2D eigenvalue weighted by atomic mass is 15.3. The van der Waals surface area contributed by atoms with Gasteiger partial charge in [0.25, 0.3) is 0 Å². The average molecular weight is 353 g/mol. The van der Waals surface area contributed by atoms with Crippen LogP contribution < -0.4 is 4.90 Å². The van der Waals surface area contributed by atoms with Crippen molar-refractivity contribution in [2.24, 2.45) is 0 Å². The number of hydrogen-bond acceptors (Lipinski definition) is 7. The molecular formula is C17H23N9. The summed E-state index contributed by atoms with van der Waals surface area (Å²) in [5.41, 5.74) is 1.61. The second-order valence-corrected chi connectivity index (χ2v) is 7.26. The Hall–Kier alpha value is -2.55. The summed E-state index contributed by atoms with van der Waals surface area (Å²) in [7, 11) is 2.19. The van der Waals surface area contributed by atoms with E-state index in [2.05, 4.69) is 51.5 Å². The van der Waals surface area contributed by atoms with E-state index in [1.807, 2.05) is 0 Å². The zero-order valence-electron chi connectivity index (χ0n) is 15.0. The highest BCUT2D eigenvalue weighted by molar-refractivity contribution is 5.82. The lowest BCUT2D eigenvalue weighted by molar-refractivity contribution is 0.242. The van der Waals surface area contributed by atoms with Crippen LogP contribution in [0.1, 0.15) is 30.4 Å². The number of hydrogen-bond donors (Lipinski definition) is 1. The first-order chi connectivity index (χ1) is 12.8. The normalized spacial score (nSPS) is 21.7. The number of nitrogens with zero attached hydrogens (tertiary/aromatic N) is 8. The highest BCUT2D eigenvalue weighted by Crippen LogP contribution is 2.27. The molecule has 0 bridgehead atoms. The van der Waals surface area contributed by atoms with Gasteiger partial charge in [0, 0.05) is 38.5 Å². The fraction of sp³-hybridized carbons (Fsp3) is 0.588. The number of fused-ring (bicyclic) bond motifs is 2. The van der Waals surface area contributed by atoms with Crippen LogP contribution in [0.15, 0.2) is 12.7 Å². The van der Waals surface area contributed by atoms with Crippen molar-refractivity contribution in [3.63, 3.8) is 0 Å². The lowest BCUT2D eigenvalue weighted by atomic mass is 9.97. The molecule has 26 heavy (non-hydrogen) atoms. The minimum absolute atomic E-state index is 0.486. The summed E-state index contributed by atoms with van der Waals surface area (Å²) in [4.78, 5) is 20.8. The van der Waals surface area contributed by atoms with Gasteiger partial charge in [-0.1, -0.05) is 0 Å². The maximum absolute atomic E-state index is 4.56. The molecule has 2 aliphatic rings. The van der Waals surface area contributed by atoms with E-state index in [9.17, 15) is 0 Å². The molecule has 9 heteroatoms. The van der Waals surface area contributed by atoms with E-state index in [0.29, 0.717) is 11.6 Å². The molecule has 9 nitrogen and oxygen atoms in total. The second kappa shape index (κ2) is 6.31. The van der Waals surface area contributed by atoms with Crippen LogP contribution in [-0.2, 0) is 13.0 Å². The third kappa shape index (κ3) is 2.63. The Morgan fingerprint density at radius 2 is 2.04 bits per heavy atom. The van der Waals surface area contributed by atoms with Gasteiger partial charge in [0.05, 0.1) is 6.33 Å². The lowest BCUT2D eigenvalue weighted by Gasteiger charge is -2.29. The number of likely N-dealkylation sites (tertiary alicyclic amines) is 1. The average Bonchev–Trinajstić information content (AvgIpc) is 3.24. The predicted octanol–water partition coefficient (Wildman–Crippen LogP) is 0.816. The number of nitrogens with one attached hydrogen (secondary N) is 1. The molecule has 3 aromatic rings. The Morgan fingerprint density at radius 3 is 2.96 bits per heavy atom. The standard InChI is InChI=1S/C17H23N9/c1-24-5-2-3-12(9-24)16-23-22-13-4-6-25(7-8-26(13)16)17-14-15(19-10-18-14)20-11-21-17/h10-12H,2-9H2,1H3,(H,18,19,20,21). The van der Waals surface area contributed by atoms with Gasteiger partial charge in [-0.25, -0.2) is 15.0 Å². The smallest absolute Gasteiger partial charge is 0.182 e. The minimum atomic E-state index is 0.486. The second-order valence-electron chi connectivity index (χ2n) is 7.26. The SMILES string of the molecule is CN1CCCC(c2nnc3n2CCN(c2ncnc4nc[nH]c24)CC3)C1. The number of aromatic amines is 1. The highest BCUT2D eigenvalue weighted by Gasteiger charge is 2.27. The molecule has 1 unspecified atom stereocenters. The number of aromatic nitrogens is 7. The van der Waals surface area contributed by atoms with Gasteiger partial charge in [-0.05, 0) is 26.4 Å². The van der Waals surface area contributed by atoms with E-state index in [-0.39, 0.29) is 0 Å². The molecule has 0 aliphatic carbocycles. The van der Waals surface area contributed by atoms with Crippen molar-refractivity contribution in [2.75, 3.05) is 38.1 Å². The van der Waals surface area contributed by atoms with Crippen molar-refractivity contribution in [3.8, 4) is 0 Å². The molecule has 1 fully saturated rings. The number of imidazole rings is 1. The van der Waals surface area contributed by atoms with Gasteiger partial charge in [0.2, 0.25) is 0 Å². The Morgan fingerprint density at radius 1 is 1.08 bits per heavy atom. The van der Waals surface area contributed by atoms with Crippen molar-refractivity contribution in [1.82, 2.24) is 39.6 Å². The van der Waals surface area contributed by atoms with Crippen LogP contribution in [0.2, 0.25) is 0 Å². The van der Waals surface area contributed by atoms with Crippen LogP contribution in [0.4, 0.5) is 5.82 Å². The zero-order chi connectivity index (χ0) is 17.5. The molecule has 5 heterocycles. The summed E-state index contributed by atoms with van der Waals surface area (Å²) in [5.74, 6) is 3.65. The molecule has 0 spiro atoms. The van der Waals surface area contributed by atoms with E-state index in [1.165, 1.54) is 19.4 Å². The van der Waals surface area contributed by atoms with Gasteiger partial charge in [0.15, 0.2) is 11.5 Å². The molecular weight excluding hydrogens is 330 g/mol. The minimum Gasteiger partial charge on any atom is -0.352 e. The van der Waals surface area contributed by atoms with Crippen LogP contribution in [-0.4, -0.2) is 72.8 Å². The van der Waals surface area contributed by atoms with Crippen LogP contribution >= 0.6 is 0 Å². The molecule has 3 aromatic heterocycles. The summed E-state index contributed by atoms with van der Waals surface area (Å²) in [6.45, 7) is 4.89. The Bertz CT molecular complexity index is 914. The number of anilines is 1. The molecule has 2 aliphatic heterocycles. The van der Waals surface area contributed by atoms with E-state index in [0.717, 1.165) is 55.6 Å². The third-order valence-electron chi connectivity index (χ3n) is 5.55. The molecule has 0 aromatic carbocycles. The Balaban J connectivity index is 1.41. The van der Waals surface area contributed by atoms with Crippen LogP contribution in [0.3, 0.4) is 0 Å². The van der Waals surface area contributed by atoms with Gasteiger partial charge in [0.1, 0.15) is 23.5 Å². The monoisotopic (exact) mass is 353 g/mol. The maximum atomic E-state index is 4.56. The third-order valence-corrected chi connectivity index (χ3v) is 5.55. The number of likely N-dealkylation sites (N-methyl/N-ethyl adjacent to an activating group) is 1. The summed E-state index contributed by atoms with van der Waals surface area (Å²) in [6, 6.07) is 0. The van der Waals surface area contributed by atoms with Crippen molar-refractivity contribution in [2.45, 2.75) is 31.7 Å². The van der Waals surface area contributed by atoms with Gasteiger partial charge >= 0.3 is 0 Å². The maximum Gasteiger partial charge on any atom is 0.182 e. The van der Waals surface area contributed by atoms with E-state index in [4.69, 9.17) is 0 Å². The molecule has 1 saturated heterocycles. The van der Waals surface area contributed by atoms with E-state index >= 15 is 0 Å². The Kier molecular flexibility index (Phi) is 3.81. The topological polar surface area (TPSA) is 91.7 Å². The van der Waals surface area contributed by atoms with Crippen molar-refractivity contribution in [3.05, 3.63) is 24.3 Å². The largest absolute Gasteiger partial charge is 0.352 e. The molecule has 0 radical (unpaired) electrons. The van der Waals surface area contributed by atoms with Gasteiger partial charge in [-0.3, -0.25) is 0 Å². The molecule has 0 saturated carbocycles. The number of piperidine rings is 1. The lowest BCUT2D eigenvalue weighted by Crippen LogP contribution is -2.33. The number of H-pyrrole nitrogens is 1. The van der Waals surface area contributed by atoms with Gasteiger partial charge in [-0.2, -0.15) is 0 Å². The molecule has 5 rings (SSSR count). The molecule has 0 amide bonds. The van der Waals surface area contributed by atoms with E-state index in [1.54, 1.807) is 12.7 Å². The van der Waals surface area contributed by atoms with Gasteiger partial charge < -0.3 is 19.4 Å². The summed E-state index contributed by atoms with van der Waals surface area (Å²) >= 11 is 0.